The number of nitrogens with zero attached hydrogens (tertiary/aromatic N) is 1. The summed E-state index contributed by atoms with van der Waals surface area (Å²) in [5, 5.41) is 4.12. The number of hydrogen-bond donors (Lipinski definition) is 1. The van der Waals surface area contributed by atoms with Crippen LogP contribution in [0.15, 0.2) is 54.6 Å². The third-order valence-corrected chi connectivity index (χ3v) is 6.64. The summed E-state index contributed by atoms with van der Waals surface area (Å²) in [4.78, 5) is 15.6. The molecule has 30 heavy (non-hydrogen) atoms. The molecule has 0 bridgehead atoms. The molecule has 0 aliphatic carbocycles. The fourth-order valence-electron chi connectivity index (χ4n) is 3.72. The monoisotopic (exact) mass is 424 g/mol. The van der Waals surface area contributed by atoms with Crippen LogP contribution in [0.5, 0.6) is 5.75 Å². The van der Waals surface area contributed by atoms with Gasteiger partial charge in [-0.1, -0.05) is 30.3 Å². The van der Waals surface area contributed by atoms with Crippen LogP contribution in [-0.4, -0.2) is 50.3 Å². The Balaban J connectivity index is 1.26. The Kier molecular flexibility index (Phi) is 7.00. The van der Waals surface area contributed by atoms with Crippen molar-refractivity contribution in [2.45, 2.75) is 25.4 Å². The third-order valence-electron chi connectivity index (χ3n) is 5.53. The molecule has 3 aromatic rings. The topological polar surface area (TPSA) is 50.8 Å². The van der Waals surface area contributed by atoms with Gasteiger partial charge in [0.2, 0.25) is 0 Å². The Bertz CT molecular complexity index is 948. The van der Waals surface area contributed by atoms with E-state index in [2.05, 4.69) is 17.3 Å². The molecular weight excluding hydrogens is 396 g/mol. The quantitative estimate of drug-likeness (QED) is 0.585. The highest BCUT2D eigenvalue weighted by Gasteiger charge is 2.18. The molecule has 0 saturated carbocycles. The molecule has 6 heteroatoms. The van der Waals surface area contributed by atoms with Gasteiger partial charge in [0.1, 0.15) is 12.4 Å². The first-order chi connectivity index (χ1) is 14.7. The van der Waals surface area contributed by atoms with Gasteiger partial charge in [0.15, 0.2) is 0 Å². The van der Waals surface area contributed by atoms with E-state index in [4.69, 9.17) is 9.47 Å². The van der Waals surface area contributed by atoms with Gasteiger partial charge in [-0.15, -0.1) is 11.3 Å². The summed E-state index contributed by atoms with van der Waals surface area (Å²) < 4.78 is 12.5. The van der Waals surface area contributed by atoms with Crippen LogP contribution in [0.3, 0.4) is 0 Å². The molecule has 4 rings (SSSR count). The number of rotatable bonds is 8. The van der Waals surface area contributed by atoms with Gasteiger partial charge in [0, 0.05) is 37.0 Å². The van der Waals surface area contributed by atoms with E-state index in [1.165, 1.54) is 11.3 Å². The van der Waals surface area contributed by atoms with Gasteiger partial charge in [-0.25, -0.2) is 0 Å². The van der Waals surface area contributed by atoms with E-state index < -0.39 is 0 Å². The predicted octanol–water partition coefficient (Wildman–Crippen LogP) is 4.32. The van der Waals surface area contributed by atoms with Crippen molar-refractivity contribution in [2.75, 3.05) is 33.4 Å². The zero-order chi connectivity index (χ0) is 20.8. The summed E-state index contributed by atoms with van der Waals surface area (Å²) in [6.07, 6.45) is 2.18. The number of fused-ring (bicyclic) bond motifs is 1. The lowest BCUT2D eigenvalue weighted by Crippen LogP contribution is -2.38. The lowest BCUT2D eigenvalue weighted by atomic mass is 10.1. The van der Waals surface area contributed by atoms with Crippen molar-refractivity contribution in [1.82, 2.24) is 10.2 Å². The molecule has 1 aliphatic rings. The molecule has 0 radical (unpaired) electrons. The Labute approximate surface area is 181 Å². The molecule has 2 heterocycles. The first-order valence-electron chi connectivity index (χ1n) is 10.5. The number of nitrogens with one attached hydrogen (secondary N) is 1. The molecule has 5 nitrogen and oxygen atoms in total. The maximum atomic E-state index is 12.5. The zero-order valence-corrected chi connectivity index (χ0v) is 18.1. The maximum absolute atomic E-state index is 12.5. The summed E-state index contributed by atoms with van der Waals surface area (Å²) in [6, 6.07) is 18.5. The Morgan fingerprint density at radius 2 is 2.00 bits per heavy atom. The summed E-state index contributed by atoms with van der Waals surface area (Å²) in [6.45, 7) is 3.71. The first kappa shape index (κ1) is 20.8. The molecule has 0 atom stereocenters. The Morgan fingerprint density at radius 3 is 2.83 bits per heavy atom. The van der Waals surface area contributed by atoms with Gasteiger partial charge in [0.25, 0.3) is 5.91 Å². The normalized spacial score (nSPS) is 14.9. The number of thiophene rings is 1. The van der Waals surface area contributed by atoms with Crippen LogP contribution < -0.4 is 10.1 Å². The van der Waals surface area contributed by atoms with Crippen LogP contribution >= 0.6 is 11.3 Å². The molecule has 1 saturated heterocycles. The lowest BCUT2D eigenvalue weighted by molar-refractivity contribution is 0.0392. The van der Waals surface area contributed by atoms with Crippen molar-refractivity contribution in [3.05, 3.63) is 65.0 Å². The molecule has 158 valence electrons. The van der Waals surface area contributed by atoms with Crippen molar-refractivity contribution in [1.29, 1.82) is 0 Å². The maximum Gasteiger partial charge on any atom is 0.261 e. The summed E-state index contributed by atoms with van der Waals surface area (Å²) >= 11 is 1.52. The molecule has 1 amide bonds. The smallest absolute Gasteiger partial charge is 0.261 e. The number of carbonyl (C=O) groups excluding carboxylic acids is 1. The Morgan fingerprint density at radius 1 is 1.17 bits per heavy atom. The van der Waals surface area contributed by atoms with Crippen molar-refractivity contribution in [3.8, 4) is 5.75 Å². The first-order valence-corrected chi connectivity index (χ1v) is 11.3. The number of amides is 1. The molecule has 1 aromatic heterocycles. The average molecular weight is 425 g/mol. The highest BCUT2D eigenvalue weighted by molar-refractivity contribution is 7.20. The fraction of sp³-hybridized carbons (Fsp3) is 0.375. The summed E-state index contributed by atoms with van der Waals surface area (Å²) in [7, 11) is 2.15. The molecule has 1 N–H and O–H groups in total. The second-order valence-corrected chi connectivity index (χ2v) is 8.73. The van der Waals surface area contributed by atoms with E-state index in [1.54, 1.807) is 0 Å². The minimum Gasteiger partial charge on any atom is -0.492 e. The van der Waals surface area contributed by atoms with Crippen LogP contribution in [0.25, 0.3) is 10.1 Å². The van der Waals surface area contributed by atoms with Gasteiger partial charge in [0.05, 0.1) is 4.88 Å². The highest BCUT2D eigenvalue weighted by atomic mass is 32.1. The average Bonchev–Trinajstić information content (AvgIpc) is 3.23. The number of carbonyl (C=O) groups is 1. The van der Waals surface area contributed by atoms with Gasteiger partial charge in [-0.05, 0) is 55.1 Å². The van der Waals surface area contributed by atoms with Crippen molar-refractivity contribution in [2.24, 2.45) is 0 Å². The van der Waals surface area contributed by atoms with Gasteiger partial charge in [-0.3, -0.25) is 9.69 Å². The van der Waals surface area contributed by atoms with Gasteiger partial charge >= 0.3 is 0 Å². The molecule has 2 aromatic carbocycles. The standard InChI is InChI=1S/C24H28N2O3S/c1-26(20-9-12-28-13-10-20)11-14-29-21-7-4-5-18(15-21)17-25-24(27)23-16-19-6-2-3-8-22(19)30-23/h2-8,15-16,20H,9-14,17H2,1H3,(H,25,27). The van der Waals surface area contributed by atoms with Crippen molar-refractivity contribution >= 4 is 27.3 Å². The van der Waals surface area contributed by atoms with E-state index >= 15 is 0 Å². The van der Waals surface area contributed by atoms with Crippen molar-refractivity contribution < 1.29 is 14.3 Å². The number of likely N-dealkylation sites (N-methyl/N-ethyl adjacent to an activating group) is 1. The van der Waals surface area contributed by atoms with Crippen LogP contribution in [-0.2, 0) is 11.3 Å². The molecule has 0 unspecified atom stereocenters. The number of ether oxygens (including phenoxy) is 2. The second-order valence-electron chi connectivity index (χ2n) is 7.65. The van der Waals surface area contributed by atoms with E-state index in [-0.39, 0.29) is 5.91 Å². The van der Waals surface area contributed by atoms with E-state index in [0.29, 0.717) is 19.2 Å². The van der Waals surface area contributed by atoms with Crippen LogP contribution in [0.2, 0.25) is 0 Å². The minimum absolute atomic E-state index is 0.0411. The third kappa shape index (κ3) is 5.39. The van der Waals surface area contributed by atoms with E-state index in [0.717, 1.165) is 58.9 Å². The van der Waals surface area contributed by atoms with Crippen LogP contribution in [0.4, 0.5) is 0 Å². The second kappa shape index (κ2) is 10.1. The van der Waals surface area contributed by atoms with E-state index in [1.807, 2.05) is 54.6 Å². The van der Waals surface area contributed by atoms with Crippen molar-refractivity contribution in [3.63, 3.8) is 0 Å². The predicted molar refractivity (Wildman–Crippen MR) is 121 cm³/mol. The number of benzene rings is 2. The largest absolute Gasteiger partial charge is 0.492 e. The molecular formula is C24H28N2O3S. The highest BCUT2D eigenvalue weighted by Crippen LogP contribution is 2.25. The summed E-state index contributed by atoms with van der Waals surface area (Å²) in [5.74, 6) is 0.796. The van der Waals surface area contributed by atoms with Gasteiger partial charge < -0.3 is 14.8 Å². The molecule has 1 aliphatic heterocycles. The zero-order valence-electron chi connectivity index (χ0n) is 17.3. The summed E-state index contributed by atoms with van der Waals surface area (Å²) in [5.41, 5.74) is 1.03. The number of hydrogen-bond acceptors (Lipinski definition) is 5. The minimum atomic E-state index is -0.0411. The molecule has 1 fully saturated rings. The Hall–Kier alpha value is -2.41. The lowest BCUT2D eigenvalue weighted by Gasteiger charge is -2.31. The van der Waals surface area contributed by atoms with Crippen LogP contribution in [0, 0.1) is 0 Å². The van der Waals surface area contributed by atoms with Gasteiger partial charge in [-0.2, -0.15) is 0 Å². The SMILES string of the molecule is CN(CCOc1cccc(CNC(=O)c2cc3ccccc3s2)c1)C1CCOCC1. The fourth-order valence-corrected chi connectivity index (χ4v) is 4.70. The molecule has 0 spiro atoms. The van der Waals surface area contributed by atoms with E-state index in [9.17, 15) is 4.79 Å². The van der Waals surface area contributed by atoms with Crippen LogP contribution in [0.1, 0.15) is 28.1 Å².